The summed E-state index contributed by atoms with van der Waals surface area (Å²) in [6, 6.07) is 14.2. The molecule has 2 heterocycles. The van der Waals surface area contributed by atoms with E-state index in [1.807, 2.05) is 11.3 Å². The second kappa shape index (κ2) is 23.7. The highest BCUT2D eigenvalue weighted by Gasteiger charge is 2.47. The van der Waals surface area contributed by atoms with E-state index in [4.69, 9.17) is 0 Å². The van der Waals surface area contributed by atoms with Crippen molar-refractivity contribution in [1.82, 2.24) is 4.90 Å². The number of hydrogen-bond acceptors (Lipinski definition) is 2. The summed E-state index contributed by atoms with van der Waals surface area (Å²) in [4.78, 5) is 2.94. The van der Waals surface area contributed by atoms with Crippen LogP contribution in [0, 0.1) is 11.8 Å². The van der Waals surface area contributed by atoms with Crippen molar-refractivity contribution in [3.63, 3.8) is 0 Å². The van der Waals surface area contributed by atoms with E-state index >= 15 is 0 Å². The molecule has 1 aliphatic heterocycles. The van der Waals surface area contributed by atoms with E-state index in [9.17, 15) is 0 Å². The van der Waals surface area contributed by atoms with Crippen LogP contribution in [-0.4, -0.2) is 18.0 Å². The minimum atomic E-state index is 0.544. The molecule has 0 bridgehead atoms. The maximum absolute atomic E-state index is 2.94. The van der Waals surface area contributed by atoms with Gasteiger partial charge in [-0.2, -0.15) is 0 Å². The van der Waals surface area contributed by atoms with E-state index in [2.05, 4.69) is 75.4 Å². The first-order valence-electron chi connectivity index (χ1n) is 26.6. The van der Waals surface area contributed by atoms with Gasteiger partial charge in [-0.15, -0.1) is 11.3 Å². The molecule has 0 spiro atoms. The first-order valence-corrected chi connectivity index (χ1v) is 27.5. The molecule has 7 rings (SSSR count). The molecule has 332 valence electrons. The Balaban J connectivity index is 0.967. The van der Waals surface area contributed by atoms with E-state index in [1.165, 1.54) is 209 Å². The fourth-order valence-electron chi connectivity index (χ4n) is 12.8. The van der Waals surface area contributed by atoms with Crippen LogP contribution in [0.1, 0.15) is 260 Å². The highest BCUT2D eigenvalue weighted by Crippen LogP contribution is 2.59. The molecule has 1 aromatic heterocycles. The molecule has 6 unspecified atom stereocenters. The fourth-order valence-corrected chi connectivity index (χ4v) is 13.8. The van der Waals surface area contributed by atoms with Gasteiger partial charge in [0.15, 0.2) is 0 Å². The first kappa shape index (κ1) is 46.1. The van der Waals surface area contributed by atoms with E-state index in [-0.39, 0.29) is 0 Å². The van der Waals surface area contributed by atoms with E-state index in [0.717, 1.165) is 5.92 Å². The summed E-state index contributed by atoms with van der Waals surface area (Å²) in [7, 11) is 2.55. The van der Waals surface area contributed by atoms with Gasteiger partial charge in [0.1, 0.15) is 0 Å². The molecule has 0 saturated carbocycles. The van der Waals surface area contributed by atoms with Crippen LogP contribution in [0.5, 0.6) is 0 Å². The lowest BCUT2D eigenvalue weighted by molar-refractivity contribution is 0.0365. The van der Waals surface area contributed by atoms with Crippen LogP contribution in [0.25, 0.3) is 31.6 Å². The monoisotopic (exact) mass is 832 g/mol. The van der Waals surface area contributed by atoms with Gasteiger partial charge in [0.2, 0.25) is 0 Å². The Morgan fingerprint density at radius 1 is 0.600 bits per heavy atom. The average molecular weight is 832 g/mol. The average Bonchev–Trinajstić information content (AvgIpc) is 3.68. The van der Waals surface area contributed by atoms with Gasteiger partial charge in [-0.1, -0.05) is 213 Å². The number of likely N-dealkylation sites (tertiary alicyclic amines) is 1. The smallest absolute Gasteiger partial charge is 0.0388 e. The lowest BCUT2D eigenvalue weighted by atomic mass is 9.62. The van der Waals surface area contributed by atoms with Crippen molar-refractivity contribution in [2.24, 2.45) is 11.8 Å². The molecule has 2 aliphatic carbocycles. The second-order valence-electron chi connectivity index (χ2n) is 21.1. The van der Waals surface area contributed by atoms with E-state index in [1.54, 1.807) is 43.8 Å². The predicted molar refractivity (Wildman–Crippen MR) is 269 cm³/mol. The maximum atomic E-state index is 2.94. The zero-order valence-electron chi connectivity index (χ0n) is 39.7. The zero-order valence-corrected chi connectivity index (χ0v) is 40.5. The van der Waals surface area contributed by atoms with Crippen molar-refractivity contribution >= 4 is 43.0 Å². The number of hydrogen-bond donors (Lipinski definition) is 0. The summed E-state index contributed by atoms with van der Waals surface area (Å²) in [6.07, 6.45) is 44.1. The number of fused-ring (bicyclic) bond motifs is 3. The van der Waals surface area contributed by atoms with Crippen LogP contribution < -0.4 is 0 Å². The van der Waals surface area contributed by atoms with Crippen LogP contribution in [0.2, 0.25) is 0 Å². The van der Waals surface area contributed by atoms with Crippen LogP contribution in [0.4, 0.5) is 0 Å². The molecule has 6 atom stereocenters. The molecule has 0 radical (unpaired) electrons. The minimum absolute atomic E-state index is 0.544. The van der Waals surface area contributed by atoms with Gasteiger partial charge in [-0.3, -0.25) is 4.90 Å². The number of rotatable bonds is 30. The molecule has 60 heavy (non-hydrogen) atoms. The normalized spacial score (nSPS) is 20.9. The number of nitrogens with zero attached hydrogens (tertiary/aromatic N) is 1. The van der Waals surface area contributed by atoms with Gasteiger partial charge >= 0.3 is 0 Å². The van der Waals surface area contributed by atoms with Crippen molar-refractivity contribution in [2.75, 3.05) is 7.05 Å². The Bertz CT molecular complexity index is 1880. The van der Waals surface area contributed by atoms with Gasteiger partial charge in [0.25, 0.3) is 0 Å². The van der Waals surface area contributed by atoms with Crippen molar-refractivity contribution < 1.29 is 0 Å². The van der Waals surface area contributed by atoms with Gasteiger partial charge in [-0.05, 0) is 124 Å². The molecule has 2 heteroatoms. The van der Waals surface area contributed by atoms with Gasteiger partial charge in [-0.25, -0.2) is 0 Å². The number of unbranched alkanes of at least 4 members (excludes halogenated alkanes) is 23. The third-order valence-corrected chi connectivity index (χ3v) is 17.4. The summed E-state index contributed by atoms with van der Waals surface area (Å²) in [5.74, 6) is 2.80. The molecule has 3 aliphatic rings. The Labute approximate surface area is 373 Å². The molecule has 1 fully saturated rings. The molecule has 1 nitrogen and oxygen atoms in total. The van der Waals surface area contributed by atoms with Crippen molar-refractivity contribution in [2.45, 2.75) is 251 Å². The van der Waals surface area contributed by atoms with Crippen molar-refractivity contribution in [3.8, 4) is 0 Å². The summed E-state index contributed by atoms with van der Waals surface area (Å²) < 4.78 is 1.50. The fraction of sp³-hybridized carbons (Fsp3) is 0.724. The lowest BCUT2D eigenvalue weighted by Gasteiger charge is -2.52. The largest absolute Gasteiger partial charge is 0.296 e. The highest BCUT2D eigenvalue weighted by atomic mass is 32.1. The summed E-state index contributed by atoms with van der Waals surface area (Å²) in [5.41, 5.74) is 6.71. The molecular formula is C58H89NS. The standard InChI is InChI=1S/C58H89NS/c1-6-8-10-12-14-16-18-20-21-23-25-27-29-31-43(3)37-49-34-35-50-51-41-48-42-60-53-36-33-45-38-47-39-46(40-52(58(50)59(49)5)54(47)57(51)56(45)55(48)53)44(4)32-30-28-26-24-22-19-17-15-13-11-9-7-2/h33,36,38-40,42-44,49-51,58H,6-32,34-35,37,41H2,1-5H3. The number of benzene rings is 3. The van der Waals surface area contributed by atoms with Crippen molar-refractivity contribution in [3.05, 3.63) is 58.0 Å². The minimum Gasteiger partial charge on any atom is -0.296 e. The third-order valence-electron chi connectivity index (χ3n) is 16.4. The highest BCUT2D eigenvalue weighted by molar-refractivity contribution is 7.17. The lowest BCUT2D eigenvalue weighted by Crippen LogP contribution is -2.47. The first-order chi connectivity index (χ1) is 29.5. The quantitative estimate of drug-likeness (QED) is 0.0374. The van der Waals surface area contributed by atoms with Gasteiger partial charge in [0.05, 0.1) is 0 Å². The molecule has 1 saturated heterocycles. The van der Waals surface area contributed by atoms with Gasteiger partial charge < -0.3 is 0 Å². The SMILES string of the molecule is CCCCCCCCCCCCCCCC(C)CC1CCC2C3Cc4csc5ccc6cc7cc(C(C)CCCCCCCCCCCCCC)cc(c7c3c6c45)C2N1C. The predicted octanol–water partition coefficient (Wildman–Crippen LogP) is 19.3. The van der Waals surface area contributed by atoms with E-state index < -0.39 is 0 Å². The van der Waals surface area contributed by atoms with Crippen LogP contribution in [-0.2, 0) is 6.42 Å². The Morgan fingerprint density at radius 2 is 1.17 bits per heavy atom. The third kappa shape index (κ3) is 11.4. The zero-order chi connectivity index (χ0) is 41.7. The second-order valence-corrected chi connectivity index (χ2v) is 22.0. The van der Waals surface area contributed by atoms with E-state index in [0.29, 0.717) is 29.8 Å². The molecular weight excluding hydrogens is 743 g/mol. The summed E-state index contributed by atoms with van der Waals surface area (Å²) in [5, 5.41) is 10.4. The molecule has 4 aromatic rings. The number of piperidine rings is 1. The summed E-state index contributed by atoms with van der Waals surface area (Å²) in [6.45, 7) is 9.77. The topological polar surface area (TPSA) is 3.24 Å². The Morgan fingerprint density at radius 3 is 1.77 bits per heavy atom. The van der Waals surface area contributed by atoms with Crippen molar-refractivity contribution in [1.29, 1.82) is 0 Å². The molecule has 0 amide bonds. The summed E-state index contributed by atoms with van der Waals surface area (Å²) >= 11 is 1.99. The van der Waals surface area contributed by atoms with Crippen LogP contribution in [0.15, 0.2) is 35.7 Å². The molecule has 3 aromatic carbocycles. The maximum Gasteiger partial charge on any atom is 0.0388 e. The number of thiophene rings is 1. The Hall–Kier alpha value is -1.90. The molecule has 0 N–H and O–H groups in total. The van der Waals surface area contributed by atoms with Crippen LogP contribution >= 0.6 is 11.3 Å². The Kier molecular flexibility index (Phi) is 18.2. The van der Waals surface area contributed by atoms with Crippen LogP contribution in [0.3, 0.4) is 0 Å². The van der Waals surface area contributed by atoms with Gasteiger partial charge in [0, 0.05) is 22.2 Å².